The predicted molar refractivity (Wildman–Crippen MR) is 34.8 cm³/mol. The molecule has 4 nitrogen and oxygen atoms in total. The lowest BCUT2D eigenvalue weighted by Gasteiger charge is -2.11. The summed E-state index contributed by atoms with van der Waals surface area (Å²) in [6, 6.07) is 0. The molecule has 0 aromatic rings. The molecule has 0 saturated carbocycles. The van der Waals surface area contributed by atoms with E-state index < -0.39 is 0 Å². The van der Waals surface area contributed by atoms with Gasteiger partial charge in [-0.25, -0.2) is 0 Å². The lowest BCUT2D eigenvalue weighted by Crippen LogP contribution is -2.25. The van der Waals surface area contributed by atoms with E-state index in [2.05, 4.69) is 0 Å². The second kappa shape index (κ2) is 2.79. The fourth-order valence-corrected chi connectivity index (χ4v) is 1.37. The van der Waals surface area contributed by atoms with Gasteiger partial charge in [0.15, 0.2) is 6.29 Å². The molecular weight excluding hydrogens is 148 g/mol. The van der Waals surface area contributed by atoms with Crippen molar-refractivity contribution in [3.8, 4) is 0 Å². The van der Waals surface area contributed by atoms with Crippen LogP contribution in [0.15, 0.2) is 0 Å². The number of hydrogen-bond donors (Lipinski definition) is 0. The van der Waals surface area contributed by atoms with Gasteiger partial charge in [-0.05, 0) is 6.42 Å². The van der Waals surface area contributed by atoms with E-state index in [4.69, 9.17) is 14.2 Å². The number of carbonyl (C=O) groups is 1. The van der Waals surface area contributed by atoms with Crippen molar-refractivity contribution in [2.45, 2.75) is 12.7 Å². The van der Waals surface area contributed by atoms with Gasteiger partial charge in [0, 0.05) is 0 Å². The van der Waals surface area contributed by atoms with Crippen LogP contribution in [0.25, 0.3) is 0 Å². The maximum Gasteiger partial charge on any atom is 0.314 e. The number of esters is 1. The molecule has 0 radical (unpaired) electrons. The number of cyclic esters (lactones) is 1. The van der Waals surface area contributed by atoms with Crippen molar-refractivity contribution < 1.29 is 19.0 Å². The Balaban J connectivity index is 1.97. The first-order valence-electron chi connectivity index (χ1n) is 3.78. The number of carbonyl (C=O) groups excluding carboxylic acids is 1. The van der Waals surface area contributed by atoms with Crippen LogP contribution in [0.5, 0.6) is 0 Å². The summed E-state index contributed by atoms with van der Waals surface area (Å²) in [5.74, 6) is -0.366. The molecule has 2 rings (SSSR count). The van der Waals surface area contributed by atoms with Gasteiger partial charge in [0.25, 0.3) is 0 Å². The van der Waals surface area contributed by atoms with E-state index in [0.717, 1.165) is 6.42 Å². The summed E-state index contributed by atoms with van der Waals surface area (Å²) >= 11 is 0. The molecule has 1 unspecified atom stereocenters. The summed E-state index contributed by atoms with van der Waals surface area (Å²) in [5, 5.41) is 0. The molecular formula is C7H10O4. The van der Waals surface area contributed by atoms with Crippen molar-refractivity contribution in [1.82, 2.24) is 0 Å². The van der Waals surface area contributed by atoms with Crippen LogP contribution in [0.3, 0.4) is 0 Å². The minimum atomic E-state index is -0.343. The van der Waals surface area contributed by atoms with Gasteiger partial charge in [0.05, 0.1) is 19.8 Å². The smallest absolute Gasteiger partial charge is 0.314 e. The van der Waals surface area contributed by atoms with Crippen LogP contribution in [-0.4, -0.2) is 32.1 Å². The van der Waals surface area contributed by atoms with Crippen molar-refractivity contribution in [3.05, 3.63) is 0 Å². The minimum Gasteiger partial charge on any atom is -0.465 e. The van der Waals surface area contributed by atoms with Crippen molar-refractivity contribution in [1.29, 1.82) is 0 Å². The molecule has 2 fully saturated rings. The fourth-order valence-electron chi connectivity index (χ4n) is 1.37. The van der Waals surface area contributed by atoms with Gasteiger partial charge in [-0.2, -0.15) is 0 Å². The van der Waals surface area contributed by atoms with E-state index in [1.165, 1.54) is 0 Å². The first-order chi connectivity index (χ1) is 5.38. The van der Waals surface area contributed by atoms with Gasteiger partial charge in [0.1, 0.15) is 5.92 Å². The van der Waals surface area contributed by atoms with Crippen LogP contribution in [0.4, 0.5) is 0 Å². The van der Waals surface area contributed by atoms with Crippen LogP contribution in [0.2, 0.25) is 0 Å². The van der Waals surface area contributed by atoms with Crippen LogP contribution >= 0.6 is 0 Å². The summed E-state index contributed by atoms with van der Waals surface area (Å²) in [6.07, 6.45) is 0.383. The molecule has 0 aliphatic carbocycles. The molecule has 2 heterocycles. The van der Waals surface area contributed by atoms with Gasteiger partial charge in [0.2, 0.25) is 0 Å². The third-order valence-electron chi connectivity index (χ3n) is 1.95. The normalized spacial score (nSPS) is 32.7. The highest BCUT2D eigenvalue weighted by Gasteiger charge is 2.37. The lowest BCUT2D eigenvalue weighted by molar-refractivity contribution is -0.153. The molecule has 0 N–H and O–H groups in total. The van der Waals surface area contributed by atoms with Gasteiger partial charge in [-0.1, -0.05) is 0 Å². The van der Waals surface area contributed by atoms with Gasteiger partial charge >= 0.3 is 5.97 Å². The SMILES string of the molecule is O=C1OCCC1C1OCCO1. The Labute approximate surface area is 64.4 Å². The van der Waals surface area contributed by atoms with Gasteiger partial charge < -0.3 is 14.2 Å². The molecule has 0 aromatic heterocycles. The lowest BCUT2D eigenvalue weighted by atomic mass is 10.1. The molecule has 2 aliphatic rings. The minimum absolute atomic E-state index is 0.183. The maximum absolute atomic E-state index is 11.0. The largest absolute Gasteiger partial charge is 0.465 e. The Kier molecular flexibility index (Phi) is 1.79. The second-order valence-corrected chi connectivity index (χ2v) is 2.67. The number of rotatable bonds is 1. The monoisotopic (exact) mass is 158 g/mol. The Morgan fingerprint density at radius 2 is 1.91 bits per heavy atom. The van der Waals surface area contributed by atoms with Crippen LogP contribution < -0.4 is 0 Å². The third kappa shape index (κ3) is 1.23. The zero-order valence-corrected chi connectivity index (χ0v) is 6.12. The summed E-state index contributed by atoms with van der Waals surface area (Å²) in [7, 11) is 0. The molecule has 0 amide bonds. The average Bonchev–Trinajstić information content (AvgIpc) is 2.55. The van der Waals surface area contributed by atoms with Gasteiger partial charge in [-0.3, -0.25) is 4.79 Å². The highest BCUT2D eigenvalue weighted by molar-refractivity contribution is 5.74. The topological polar surface area (TPSA) is 44.8 Å². The van der Waals surface area contributed by atoms with Crippen molar-refractivity contribution in [2.24, 2.45) is 5.92 Å². The van der Waals surface area contributed by atoms with Crippen molar-refractivity contribution in [2.75, 3.05) is 19.8 Å². The predicted octanol–water partition coefficient (Wildman–Crippen LogP) is -0.0776. The fraction of sp³-hybridized carbons (Fsp3) is 0.857. The molecule has 2 aliphatic heterocycles. The van der Waals surface area contributed by atoms with E-state index >= 15 is 0 Å². The van der Waals surface area contributed by atoms with Crippen LogP contribution in [0.1, 0.15) is 6.42 Å². The highest BCUT2D eigenvalue weighted by Crippen LogP contribution is 2.23. The van der Waals surface area contributed by atoms with E-state index in [1.807, 2.05) is 0 Å². The van der Waals surface area contributed by atoms with Crippen LogP contribution in [0, 0.1) is 5.92 Å². The first kappa shape index (κ1) is 7.06. The Morgan fingerprint density at radius 1 is 1.18 bits per heavy atom. The van der Waals surface area contributed by atoms with E-state index in [0.29, 0.717) is 19.8 Å². The van der Waals surface area contributed by atoms with Crippen LogP contribution in [-0.2, 0) is 19.0 Å². The Hall–Kier alpha value is -0.610. The summed E-state index contributed by atoms with van der Waals surface area (Å²) in [4.78, 5) is 11.0. The van der Waals surface area contributed by atoms with Crippen molar-refractivity contribution in [3.63, 3.8) is 0 Å². The quantitative estimate of drug-likeness (QED) is 0.501. The summed E-state index contributed by atoms with van der Waals surface area (Å²) in [6.45, 7) is 1.69. The number of hydrogen-bond acceptors (Lipinski definition) is 4. The molecule has 0 aromatic carbocycles. The Morgan fingerprint density at radius 3 is 2.45 bits per heavy atom. The number of ether oxygens (including phenoxy) is 3. The first-order valence-corrected chi connectivity index (χ1v) is 3.78. The maximum atomic E-state index is 11.0. The standard InChI is InChI=1S/C7H10O4/c8-6-5(1-2-9-6)7-10-3-4-11-7/h5,7H,1-4H2. The summed E-state index contributed by atoms with van der Waals surface area (Å²) in [5.41, 5.74) is 0. The zero-order chi connectivity index (χ0) is 7.68. The van der Waals surface area contributed by atoms with E-state index in [-0.39, 0.29) is 18.2 Å². The summed E-state index contributed by atoms with van der Waals surface area (Å²) < 4.78 is 15.1. The molecule has 11 heavy (non-hydrogen) atoms. The third-order valence-corrected chi connectivity index (χ3v) is 1.95. The Bertz CT molecular complexity index is 162. The molecule has 62 valence electrons. The van der Waals surface area contributed by atoms with Gasteiger partial charge in [-0.15, -0.1) is 0 Å². The molecule has 4 heteroatoms. The highest BCUT2D eigenvalue weighted by atomic mass is 16.7. The zero-order valence-electron chi connectivity index (χ0n) is 6.12. The molecule has 0 bridgehead atoms. The molecule has 1 atom stereocenters. The molecule has 2 saturated heterocycles. The van der Waals surface area contributed by atoms with E-state index in [9.17, 15) is 4.79 Å². The molecule has 0 spiro atoms. The average molecular weight is 158 g/mol. The second-order valence-electron chi connectivity index (χ2n) is 2.67. The van der Waals surface area contributed by atoms with Crippen molar-refractivity contribution >= 4 is 5.97 Å². The van der Waals surface area contributed by atoms with E-state index in [1.54, 1.807) is 0 Å².